The van der Waals surface area contributed by atoms with E-state index >= 15 is 0 Å². The van der Waals surface area contributed by atoms with E-state index in [0.29, 0.717) is 12.1 Å². The van der Waals surface area contributed by atoms with Crippen molar-refractivity contribution in [3.05, 3.63) is 58.9 Å². The van der Waals surface area contributed by atoms with Gasteiger partial charge in [-0.05, 0) is 30.7 Å². The van der Waals surface area contributed by atoms with E-state index in [2.05, 4.69) is 9.98 Å². The highest BCUT2D eigenvalue weighted by Crippen LogP contribution is 2.32. The summed E-state index contributed by atoms with van der Waals surface area (Å²) < 4.78 is 0. The monoisotopic (exact) mass is 252 g/mol. The van der Waals surface area contributed by atoms with Crippen LogP contribution in [0.15, 0.2) is 41.5 Å². The maximum Gasteiger partial charge on any atom is 0.337 e. The Hall–Kier alpha value is -2.49. The molecule has 1 aromatic carbocycles. The maximum absolute atomic E-state index is 11.2. The van der Waals surface area contributed by atoms with Crippen LogP contribution in [0.25, 0.3) is 0 Å². The van der Waals surface area contributed by atoms with E-state index < -0.39 is 5.97 Å². The summed E-state index contributed by atoms with van der Waals surface area (Å²) in [6, 6.07) is 9.15. The van der Waals surface area contributed by atoms with Crippen molar-refractivity contribution < 1.29 is 9.90 Å². The predicted octanol–water partition coefficient (Wildman–Crippen LogP) is 2.77. The van der Waals surface area contributed by atoms with Gasteiger partial charge in [-0.15, -0.1) is 0 Å². The first-order valence-corrected chi connectivity index (χ1v) is 6.01. The van der Waals surface area contributed by atoms with E-state index in [0.717, 1.165) is 22.5 Å². The largest absolute Gasteiger partial charge is 0.478 e. The van der Waals surface area contributed by atoms with Crippen molar-refractivity contribution in [3.63, 3.8) is 0 Å². The molecule has 4 heteroatoms. The maximum atomic E-state index is 11.2. The van der Waals surface area contributed by atoms with Crippen LogP contribution < -0.4 is 0 Å². The first-order chi connectivity index (χ1) is 9.15. The molecule has 1 N–H and O–H groups in total. The zero-order chi connectivity index (χ0) is 13.4. The molecule has 0 bridgehead atoms. The van der Waals surface area contributed by atoms with Gasteiger partial charge < -0.3 is 5.11 Å². The molecule has 4 nitrogen and oxygen atoms in total. The molecule has 1 aromatic heterocycles. The lowest BCUT2D eigenvalue weighted by atomic mass is 10.0. The topological polar surface area (TPSA) is 62.5 Å². The molecular formula is C15H12N2O2. The third kappa shape index (κ3) is 2.01. The summed E-state index contributed by atoms with van der Waals surface area (Å²) in [4.78, 5) is 19.9. The number of hydrogen-bond donors (Lipinski definition) is 1. The second kappa shape index (κ2) is 4.31. The predicted molar refractivity (Wildman–Crippen MR) is 72.3 cm³/mol. The SMILES string of the molecule is Cc1ccc(C2=Nc3c(cccc3C(=O)O)C2)cn1. The van der Waals surface area contributed by atoms with Crippen LogP contribution in [0.3, 0.4) is 0 Å². The van der Waals surface area contributed by atoms with Gasteiger partial charge in [0.2, 0.25) is 0 Å². The van der Waals surface area contributed by atoms with Gasteiger partial charge in [-0.25, -0.2) is 4.79 Å². The van der Waals surface area contributed by atoms with Gasteiger partial charge in [-0.2, -0.15) is 0 Å². The number of carboxylic acid groups (broad SMARTS) is 1. The number of hydrogen-bond acceptors (Lipinski definition) is 3. The number of nitrogens with zero attached hydrogens (tertiary/aromatic N) is 2. The molecule has 0 aliphatic carbocycles. The van der Waals surface area contributed by atoms with Crippen LogP contribution in [0, 0.1) is 6.92 Å². The van der Waals surface area contributed by atoms with Gasteiger partial charge in [-0.1, -0.05) is 12.1 Å². The molecule has 94 valence electrons. The first-order valence-electron chi connectivity index (χ1n) is 6.01. The Labute approximate surface area is 110 Å². The smallest absolute Gasteiger partial charge is 0.337 e. The Balaban J connectivity index is 2.05. The summed E-state index contributed by atoms with van der Waals surface area (Å²) in [6.45, 7) is 1.93. The van der Waals surface area contributed by atoms with E-state index in [4.69, 9.17) is 5.11 Å². The summed E-state index contributed by atoms with van der Waals surface area (Å²) in [7, 11) is 0. The van der Waals surface area contributed by atoms with Crippen LogP contribution in [0.2, 0.25) is 0 Å². The Morgan fingerprint density at radius 1 is 1.26 bits per heavy atom. The standard InChI is InChI=1S/C15H12N2O2/c1-9-5-6-11(8-16-9)13-7-10-3-2-4-12(15(18)19)14(10)17-13/h2-6,8H,7H2,1H3,(H,18,19). The number of aromatic nitrogens is 1. The molecule has 0 unspecified atom stereocenters. The Kier molecular flexibility index (Phi) is 2.63. The normalized spacial score (nSPS) is 13.0. The molecule has 0 spiro atoms. The number of aryl methyl sites for hydroxylation is 1. The van der Waals surface area contributed by atoms with E-state index in [1.54, 1.807) is 18.3 Å². The van der Waals surface area contributed by atoms with Crippen molar-refractivity contribution in [1.29, 1.82) is 0 Å². The summed E-state index contributed by atoms with van der Waals surface area (Å²) in [5, 5.41) is 9.16. The van der Waals surface area contributed by atoms with Gasteiger partial charge >= 0.3 is 5.97 Å². The Bertz CT molecular complexity index is 688. The lowest BCUT2D eigenvalue weighted by Gasteiger charge is -2.00. The van der Waals surface area contributed by atoms with Crippen molar-refractivity contribution in [1.82, 2.24) is 4.98 Å². The molecule has 3 rings (SSSR count). The molecule has 0 amide bonds. The third-order valence-electron chi connectivity index (χ3n) is 3.20. The summed E-state index contributed by atoms with van der Waals surface area (Å²) in [5.74, 6) is -0.941. The number of aliphatic imine (C=N–C) groups is 1. The highest BCUT2D eigenvalue weighted by atomic mass is 16.4. The molecule has 19 heavy (non-hydrogen) atoms. The molecule has 2 heterocycles. The number of rotatable bonds is 2. The van der Waals surface area contributed by atoms with E-state index in [9.17, 15) is 4.79 Å². The number of pyridine rings is 1. The Morgan fingerprint density at radius 2 is 2.11 bits per heavy atom. The van der Waals surface area contributed by atoms with Crippen molar-refractivity contribution in [2.45, 2.75) is 13.3 Å². The van der Waals surface area contributed by atoms with E-state index in [1.165, 1.54) is 0 Å². The average Bonchev–Trinajstić information content (AvgIpc) is 2.82. The highest BCUT2D eigenvalue weighted by molar-refractivity contribution is 6.09. The summed E-state index contributed by atoms with van der Waals surface area (Å²) >= 11 is 0. The molecule has 0 saturated heterocycles. The van der Waals surface area contributed by atoms with Gasteiger partial charge in [0, 0.05) is 23.9 Å². The minimum atomic E-state index is -0.941. The fourth-order valence-corrected chi connectivity index (χ4v) is 2.20. The summed E-state index contributed by atoms with van der Waals surface area (Å²) in [6.07, 6.45) is 2.43. The quantitative estimate of drug-likeness (QED) is 0.893. The lowest BCUT2D eigenvalue weighted by Crippen LogP contribution is -2.01. The van der Waals surface area contributed by atoms with Crippen molar-refractivity contribution in [2.24, 2.45) is 4.99 Å². The molecule has 2 aromatic rings. The number of fused-ring (bicyclic) bond motifs is 1. The third-order valence-corrected chi connectivity index (χ3v) is 3.20. The molecule has 0 radical (unpaired) electrons. The van der Waals surface area contributed by atoms with Crippen molar-refractivity contribution >= 4 is 17.4 Å². The minimum absolute atomic E-state index is 0.257. The van der Waals surface area contributed by atoms with Gasteiger partial charge in [0.15, 0.2) is 0 Å². The molecule has 0 atom stereocenters. The van der Waals surface area contributed by atoms with Crippen LogP contribution in [-0.4, -0.2) is 21.8 Å². The van der Waals surface area contributed by atoms with Crippen LogP contribution in [0.1, 0.15) is 27.2 Å². The lowest BCUT2D eigenvalue weighted by molar-refractivity contribution is 0.0698. The first kappa shape index (κ1) is 11.6. The van der Waals surface area contributed by atoms with Crippen molar-refractivity contribution in [2.75, 3.05) is 0 Å². The number of carbonyl (C=O) groups is 1. The van der Waals surface area contributed by atoms with Gasteiger partial charge in [0.05, 0.1) is 17.0 Å². The van der Waals surface area contributed by atoms with E-state index in [1.807, 2.05) is 25.1 Å². The molecule has 1 aliphatic rings. The zero-order valence-corrected chi connectivity index (χ0v) is 10.4. The fraction of sp³-hybridized carbons (Fsp3) is 0.133. The van der Waals surface area contributed by atoms with Crippen LogP contribution >= 0.6 is 0 Å². The molecule has 1 aliphatic heterocycles. The van der Waals surface area contributed by atoms with E-state index in [-0.39, 0.29) is 5.56 Å². The minimum Gasteiger partial charge on any atom is -0.478 e. The molecule has 0 fully saturated rings. The summed E-state index contributed by atoms with van der Waals surface area (Å²) in [5.41, 5.74) is 4.55. The number of benzene rings is 1. The van der Waals surface area contributed by atoms with Crippen molar-refractivity contribution in [3.8, 4) is 0 Å². The number of aromatic carboxylic acids is 1. The second-order valence-electron chi connectivity index (χ2n) is 4.54. The van der Waals surface area contributed by atoms with Gasteiger partial charge in [0.1, 0.15) is 0 Å². The highest BCUT2D eigenvalue weighted by Gasteiger charge is 2.21. The Morgan fingerprint density at radius 3 is 2.79 bits per heavy atom. The van der Waals surface area contributed by atoms with Crippen LogP contribution in [0.5, 0.6) is 0 Å². The van der Waals surface area contributed by atoms with Gasteiger partial charge in [-0.3, -0.25) is 9.98 Å². The second-order valence-corrected chi connectivity index (χ2v) is 4.54. The van der Waals surface area contributed by atoms with Crippen LogP contribution in [0.4, 0.5) is 5.69 Å². The number of carboxylic acids is 1. The fourth-order valence-electron chi connectivity index (χ4n) is 2.20. The van der Waals surface area contributed by atoms with Gasteiger partial charge in [0.25, 0.3) is 0 Å². The molecule has 0 saturated carbocycles. The number of para-hydroxylation sites is 1. The molecular weight excluding hydrogens is 240 g/mol. The average molecular weight is 252 g/mol. The zero-order valence-electron chi connectivity index (χ0n) is 10.4. The van der Waals surface area contributed by atoms with Crippen LogP contribution in [-0.2, 0) is 6.42 Å².